The van der Waals surface area contributed by atoms with Crippen LogP contribution in [0, 0.1) is 13.8 Å². The van der Waals surface area contributed by atoms with Gasteiger partial charge in [-0.3, -0.25) is 0 Å². The lowest BCUT2D eigenvalue weighted by Gasteiger charge is -2.12. The first kappa shape index (κ1) is 19.6. The van der Waals surface area contributed by atoms with E-state index in [0.29, 0.717) is 33.0 Å². The number of halogens is 1. The molecule has 0 unspecified atom stereocenters. The minimum Gasteiger partial charge on any atom is -0.494 e. The number of ether oxygens (including phenoxy) is 4. The van der Waals surface area contributed by atoms with Gasteiger partial charge in [-0.15, -0.1) is 0 Å². The Bertz CT molecular complexity index is 649. The molecule has 4 nitrogen and oxygen atoms in total. The average molecular weight is 409 g/mol. The molecule has 0 fully saturated rings. The van der Waals surface area contributed by atoms with Gasteiger partial charge in [0.15, 0.2) is 0 Å². The third-order valence-electron chi connectivity index (χ3n) is 3.46. The summed E-state index contributed by atoms with van der Waals surface area (Å²) in [4.78, 5) is 0. The zero-order chi connectivity index (χ0) is 18.1. The molecular formula is C20H25BrO4. The molecule has 2 aromatic carbocycles. The van der Waals surface area contributed by atoms with Crippen molar-refractivity contribution in [2.75, 3.05) is 33.0 Å². The maximum atomic E-state index is 5.80. The molecule has 0 heterocycles. The normalized spacial score (nSPS) is 10.6. The van der Waals surface area contributed by atoms with Crippen molar-refractivity contribution in [3.63, 3.8) is 0 Å². The highest BCUT2D eigenvalue weighted by Crippen LogP contribution is 2.30. The van der Waals surface area contributed by atoms with Gasteiger partial charge in [-0.1, -0.05) is 12.1 Å². The standard InChI is InChI=1S/C20H25BrO4/c1-4-23-17-6-5-7-18(14-17)24-10-8-22-9-11-25-20-16(3)12-15(2)13-19(20)21/h5-7,12-14H,4,8-11H2,1-3H3. The number of benzene rings is 2. The monoisotopic (exact) mass is 408 g/mol. The smallest absolute Gasteiger partial charge is 0.136 e. The summed E-state index contributed by atoms with van der Waals surface area (Å²) in [6, 6.07) is 11.8. The first-order valence-electron chi connectivity index (χ1n) is 8.43. The predicted octanol–water partition coefficient (Wildman–Crippen LogP) is 4.94. The van der Waals surface area contributed by atoms with Crippen LogP contribution < -0.4 is 14.2 Å². The summed E-state index contributed by atoms with van der Waals surface area (Å²) < 4.78 is 23.4. The van der Waals surface area contributed by atoms with E-state index < -0.39 is 0 Å². The molecule has 0 aliphatic carbocycles. The van der Waals surface area contributed by atoms with Gasteiger partial charge in [-0.25, -0.2) is 0 Å². The zero-order valence-corrected chi connectivity index (χ0v) is 16.6. The molecule has 0 atom stereocenters. The third-order valence-corrected chi connectivity index (χ3v) is 4.05. The zero-order valence-electron chi connectivity index (χ0n) is 15.0. The van der Waals surface area contributed by atoms with Gasteiger partial charge >= 0.3 is 0 Å². The van der Waals surface area contributed by atoms with Crippen molar-refractivity contribution in [2.24, 2.45) is 0 Å². The number of hydrogen-bond donors (Lipinski definition) is 0. The molecule has 136 valence electrons. The van der Waals surface area contributed by atoms with E-state index in [1.54, 1.807) is 0 Å². The molecule has 2 rings (SSSR count). The molecule has 0 aromatic heterocycles. The van der Waals surface area contributed by atoms with Crippen LogP contribution in [-0.2, 0) is 4.74 Å². The van der Waals surface area contributed by atoms with Gasteiger partial charge < -0.3 is 18.9 Å². The van der Waals surface area contributed by atoms with Gasteiger partial charge in [0.1, 0.15) is 30.5 Å². The predicted molar refractivity (Wildman–Crippen MR) is 103 cm³/mol. The molecule has 0 saturated heterocycles. The highest BCUT2D eigenvalue weighted by molar-refractivity contribution is 9.10. The fourth-order valence-electron chi connectivity index (χ4n) is 2.43. The summed E-state index contributed by atoms with van der Waals surface area (Å²) in [7, 11) is 0. The summed E-state index contributed by atoms with van der Waals surface area (Å²) >= 11 is 3.54. The molecular weight excluding hydrogens is 384 g/mol. The maximum Gasteiger partial charge on any atom is 0.136 e. The fraction of sp³-hybridized carbons (Fsp3) is 0.400. The Morgan fingerprint density at radius 1 is 0.840 bits per heavy atom. The number of aryl methyl sites for hydroxylation is 2. The Labute approximate surface area is 158 Å². The Hall–Kier alpha value is -1.72. The number of rotatable bonds is 10. The van der Waals surface area contributed by atoms with E-state index >= 15 is 0 Å². The maximum absolute atomic E-state index is 5.80. The van der Waals surface area contributed by atoms with E-state index in [1.807, 2.05) is 44.2 Å². The van der Waals surface area contributed by atoms with Crippen molar-refractivity contribution >= 4 is 15.9 Å². The summed E-state index contributed by atoms with van der Waals surface area (Å²) in [5.74, 6) is 2.47. The van der Waals surface area contributed by atoms with Crippen molar-refractivity contribution in [1.82, 2.24) is 0 Å². The molecule has 0 aliphatic rings. The highest BCUT2D eigenvalue weighted by atomic mass is 79.9. The quantitative estimate of drug-likeness (QED) is 0.521. The molecule has 0 bridgehead atoms. The second-order valence-corrected chi connectivity index (χ2v) is 6.46. The largest absolute Gasteiger partial charge is 0.494 e. The topological polar surface area (TPSA) is 36.9 Å². The van der Waals surface area contributed by atoms with E-state index in [9.17, 15) is 0 Å². The van der Waals surface area contributed by atoms with Crippen LogP contribution in [0.2, 0.25) is 0 Å². The van der Waals surface area contributed by atoms with Crippen LogP contribution in [0.5, 0.6) is 17.2 Å². The van der Waals surface area contributed by atoms with E-state index in [4.69, 9.17) is 18.9 Å². The summed E-state index contributed by atoms with van der Waals surface area (Å²) in [6.45, 7) is 8.72. The first-order valence-corrected chi connectivity index (χ1v) is 9.22. The molecule has 5 heteroatoms. The average Bonchev–Trinajstić information content (AvgIpc) is 2.56. The van der Waals surface area contributed by atoms with Gasteiger partial charge in [-0.2, -0.15) is 0 Å². The lowest BCUT2D eigenvalue weighted by atomic mass is 10.1. The van der Waals surface area contributed by atoms with Crippen LogP contribution in [0.3, 0.4) is 0 Å². The van der Waals surface area contributed by atoms with Gasteiger partial charge in [0.25, 0.3) is 0 Å². The molecule has 0 amide bonds. The molecule has 0 saturated carbocycles. The molecule has 2 aromatic rings. The second kappa shape index (κ2) is 10.3. The molecule has 0 aliphatic heterocycles. The van der Waals surface area contributed by atoms with Crippen LogP contribution in [0.25, 0.3) is 0 Å². The fourth-order valence-corrected chi connectivity index (χ4v) is 3.22. The highest BCUT2D eigenvalue weighted by Gasteiger charge is 2.06. The van der Waals surface area contributed by atoms with E-state index in [-0.39, 0.29) is 0 Å². The van der Waals surface area contributed by atoms with Crippen LogP contribution >= 0.6 is 15.9 Å². The number of hydrogen-bond acceptors (Lipinski definition) is 4. The summed E-state index contributed by atoms with van der Waals surface area (Å²) in [5.41, 5.74) is 2.32. The van der Waals surface area contributed by atoms with Crippen LogP contribution in [0.4, 0.5) is 0 Å². The van der Waals surface area contributed by atoms with Crippen molar-refractivity contribution in [3.8, 4) is 17.2 Å². The lowest BCUT2D eigenvalue weighted by Crippen LogP contribution is -2.12. The van der Waals surface area contributed by atoms with Gasteiger partial charge in [0, 0.05) is 6.07 Å². The van der Waals surface area contributed by atoms with Gasteiger partial charge in [-0.05, 0) is 66.0 Å². The Balaban J connectivity index is 1.63. The summed E-state index contributed by atoms with van der Waals surface area (Å²) in [6.07, 6.45) is 0. The van der Waals surface area contributed by atoms with Crippen molar-refractivity contribution in [2.45, 2.75) is 20.8 Å². The second-order valence-electron chi connectivity index (χ2n) is 5.61. The molecule has 0 spiro atoms. The summed E-state index contributed by atoms with van der Waals surface area (Å²) in [5, 5.41) is 0. The first-order chi connectivity index (χ1) is 12.1. The Morgan fingerprint density at radius 3 is 2.20 bits per heavy atom. The van der Waals surface area contributed by atoms with E-state index in [2.05, 4.69) is 28.9 Å². The van der Waals surface area contributed by atoms with Crippen LogP contribution in [0.15, 0.2) is 40.9 Å². The Morgan fingerprint density at radius 2 is 1.52 bits per heavy atom. The van der Waals surface area contributed by atoms with E-state index in [1.165, 1.54) is 5.56 Å². The minimum absolute atomic E-state index is 0.489. The SMILES string of the molecule is CCOc1cccc(OCCOCCOc2c(C)cc(C)cc2Br)c1. The molecule has 25 heavy (non-hydrogen) atoms. The molecule has 0 N–H and O–H groups in total. The van der Waals surface area contributed by atoms with Crippen LogP contribution in [0.1, 0.15) is 18.1 Å². The van der Waals surface area contributed by atoms with Crippen LogP contribution in [-0.4, -0.2) is 33.0 Å². The van der Waals surface area contributed by atoms with E-state index in [0.717, 1.165) is 27.3 Å². The van der Waals surface area contributed by atoms with Crippen molar-refractivity contribution in [1.29, 1.82) is 0 Å². The van der Waals surface area contributed by atoms with Crippen molar-refractivity contribution in [3.05, 3.63) is 52.0 Å². The minimum atomic E-state index is 0.489. The Kier molecular flexibility index (Phi) is 8.09. The third kappa shape index (κ3) is 6.59. The molecule has 0 radical (unpaired) electrons. The van der Waals surface area contributed by atoms with Gasteiger partial charge in [0.2, 0.25) is 0 Å². The van der Waals surface area contributed by atoms with Crippen molar-refractivity contribution < 1.29 is 18.9 Å². The lowest BCUT2D eigenvalue weighted by molar-refractivity contribution is 0.0760. The van der Waals surface area contributed by atoms with Gasteiger partial charge in [0.05, 0.1) is 24.3 Å².